The number of carbonyl (C=O) groups excluding carboxylic acids is 1. The van der Waals surface area contributed by atoms with Gasteiger partial charge in [-0.25, -0.2) is 0 Å². The van der Waals surface area contributed by atoms with Gasteiger partial charge in [0.1, 0.15) is 0 Å². The second-order valence-electron chi connectivity index (χ2n) is 6.06. The number of carboxylic acids is 1. The van der Waals surface area contributed by atoms with E-state index in [1.165, 1.54) is 11.3 Å². The molecule has 1 amide bonds. The van der Waals surface area contributed by atoms with Gasteiger partial charge in [-0.15, -0.1) is 11.3 Å². The van der Waals surface area contributed by atoms with Crippen LogP contribution in [0.2, 0.25) is 0 Å². The summed E-state index contributed by atoms with van der Waals surface area (Å²) in [5.74, 6) is -5.57. The van der Waals surface area contributed by atoms with Crippen molar-refractivity contribution in [2.24, 2.45) is 11.8 Å². The molecular formula is C15H16F3NO3S. The zero-order valence-electron chi connectivity index (χ0n) is 12.2. The Morgan fingerprint density at radius 3 is 2.52 bits per heavy atom. The maximum atomic E-state index is 13.0. The van der Waals surface area contributed by atoms with Crippen molar-refractivity contribution in [3.8, 4) is 0 Å². The molecule has 0 bridgehead atoms. The number of fused-ring (bicyclic) bond motifs is 1. The topological polar surface area (TPSA) is 57.6 Å². The van der Waals surface area contributed by atoms with Gasteiger partial charge < -0.3 is 10.0 Å². The summed E-state index contributed by atoms with van der Waals surface area (Å²) in [6, 6.07) is 0. The maximum absolute atomic E-state index is 13.0. The first kappa shape index (κ1) is 16.3. The summed E-state index contributed by atoms with van der Waals surface area (Å²) in [6.07, 6.45) is -0.934. The van der Waals surface area contributed by atoms with Crippen LogP contribution in [0.1, 0.15) is 33.6 Å². The molecule has 2 heterocycles. The largest absolute Gasteiger partial charge is 0.481 e. The number of amides is 1. The molecule has 0 unspecified atom stereocenters. The average molecular weight is 347 g/mol. The SMILES string of the molecule is O=C(O)[C@@H]1CN(C(=O)c2csc3c2CCCC3)C[C@H]1C(F)(F)F. The first-order valence-corrected chi connectivity index (χ1v) is 8.35. The second kappa shape index (κ2) is 5.81. The first-order valence-electron chi connectivity index (χ1n) is 7.47. The van der Waals surface area contributed by atoms with Gasteiger partial charge in [0.15, 0.2) is 0 Å². The lowest BCUT2D eigenvalue weighted by molar-refractivity contribution is -0.187. The number of thiophene rings is 1. The molecule has 1 aliphatic heterocycles. The number of rotatable bonds is 2. The number of hydrogen-bond donors (Lipinski definition) is 1. The molecule has 23 heavy (non-hydrogen) atoms. The van der Waals surface area contributed by atoms with Crippen molar-refractivity contribution < 1.29 is 27.9 Å². The predicted octanol–water partition coefficient (Wildman–Crippen LogP) is 2.96. The number of halogens is 3. The van der Waals surface area contributed by atoms with E-state index in [4.69, 9.17) is 5.11 Å². The normalized spacial score (nSPS) is 24.6. The highest BCUT2D eigenvalue weighted by Crippen LogP contribution is 2.39. The molecule has 1 aromatic heterocycles. The number of carboxylic acid groups (broad SMARTS) is 1. The van der Waals surface area contributed by atoms with E-state index < -0.39 is 36.4 Å². The Kier molecular flexibility index (Phi) is 4.12. The Morgan fingerprint density at radius 2 is 1.91 bits per heavy atom. The molecule has 2 aliphatic rings. The first-order chi connectivity index (χ1) is 10.8. The van der Waals surface area contributed by atoms with Crippen LogP contribution in [-0.2, 0) is 17.6 Å². The van der Waals surface area contributed by atoms with Crippen LogP contribution in [0.4, 0.5) is 13.2 Å². The highest BCUT2D eigenvalue weighted by molar-refractivity contribution is 7.10. The highest BCUT2D eigenvalue weighted by Gasteiger charge is 2.53. The van der Waals surface area contributed by atoms with E-state index >= 15 is 0 Å². The van der Waals surface area contributed by atoms with E-state index in [1.54, 1.807) is 5.38 Å². The third kappa shape index (κ3) is 2.96. The molecule has 126 valence electrons. The highest BCUT2D eigenvalue weighted by atomic mass is 32.1. The Balaban J connectivity index is 1.84. The Bertz CT molecular complexity index is 640. The van der Waals surface area contributed by atoms with Crippen LogP contribution >= 0.6 is 11.3 Å². The molecule has 0 saturated carbocycles. The molecule has 2 atom stereocenters. The van der Waals surface area contributed by atoms with Gasteiger partial charge in [-0.1, -0.05) is 0 Å². The lowest BCUT2D eigenvalue weighted by Crippen LogP contribution is -2.34. The van der Waals surface area contributed by atoms with Crippen molar-refractivity contribution in [2.45, 2.75) is 31.9 Å². The van der Waals surface area contributed by atoms with E-state index in [0.29, 0.717) is 5.56 Å². The molecule has 1 aromatic rings. The van der Waals surface area contributed by atoms with Gasteiger partial charge >= 0.3 is 12.1 Å². The van der Waals surface area contributed by atoms with E-state index in [1.807, 2.05) is 0 Å². The van der Waals surface area contributed by atoms with Gasteiger partial charge in [0, 0.05) is 23.3 Å². The lowest BCUT2D eigenvalue weighted by Gasteiger charge is -2.19. The van der Waals surface area contributed by atoms with Crippen molar-refractivity contribution >= 4 is 23.2 Å². The molecule has 3 rings (SSSR count). The number of aryl methyl sites for hydroxylation is 1. The molecule has 1 N–H and O–H groups in total. The van der Waals surface area contributed by atoms with Crippen LogP contribution in [0.15, 0.2) is 5.38 Å². The minimum absolute atomic E-state index is 0.386. The summed E-state index contributed by atoms with van der Waals surface area (Å²) in [5, 5.41) is 10.7. The van der Waals surface area contributed by atoms with E-state index in [-0.39, 0.29) is 6.54 Å². The van der Waals surface area contributed by atoms with Crippen molar-refractivity contribution in [1.29, 1.82) is 0 Å². The zero-order valence-corrected chi connectivity index (χ0v) is 13.0. The van der Waals surface area contributed by atoms with Crippen LogP contribution < -0.4 is 0 Å². The molecular weight excluding hydrogens is 331 g/mol. The number of nitrogens with zero attached hydrogens (tertiary/aromatic N) is 1. The minimum atomic E-state index is -4.62. The van der Waals surface area contributed by atoms with E-state index in [9.17, 15) is 22.8 Å². The summed E-state index contributed by atoms with van der Waals surface area (Å²) in [6.45, 7) is -0.965. The quantitative estimate of drug-likeness (QED) is 0.895. The fraction of sp³-hybridized carbons (Fsp3) is 0.600. The molecule has 0 radical (unpaired) electrons. The average Bonchev–Trinajstić information content (AvgIpc) is 3.10. The summed E-state index contributed by atoms with van der Waals surface area (Å²) in [4.78, 5) is 25.9. The van der Waals surface area contributed by atoms with Crippen LogP contribution in [0.25, 0.3) is 0 Å². The van der Waals surface area contributed by atoms with Gasteiger partial charge in [-0.05, 0) is 31.2 Å². The van der Waals surface area contributed by atoms with E-state index in [2.05, 4.69) is 0 Å². The van der Waals surface area contributed by atoms with Gasteiger partial charge in [-0.2, -0.15) is 13.2 Å². The molecule has 1 fully saturated rings. The Labute approximate surface area is 134 Å². The Morgan fingerprint density at radius 1 is 1.22 bits per heavy atom. The van der Waals surface area contributed by atoms with Crippen molar-refractivity contribution in [3.05, 3.63) is 21.4 Å². The van der Waals surface area contributed by atoms with Crippen molar-refractivity contribution in [1.82, 2.24) is 4.90 Å². The van der Waals surface area contributed by atoms with Crippen molar-refractivity contribution in [2.75, 3.05) is 13.1 Å². The number of likely N-dealkylation sites (tertiary alicyclic amines) is 1. The standard InChI is InChI=1S/C15H16F3NO3S/c16-15(17,18)11-6-19(5-9(11)14(21)22)13(20)10-7-23-12-4-2-1-3-8(10)12/h7,9,11H,1-6H2,(H,21,22)/t9-,11-/m1/s1. The number of carbonyl (C=O) groups is 2. The fourth-order valence-electron chi connectivity index (χ4n) is 3.40. The number of alkyl halides is 3. The monoisotopic (exact) mass is 347 g/mol. The van der Waals surface area contributed by atoms with Crippen LogP contribution in [0, 0.1) is 11.8 Å². The smallest absolute Gasteiger partial charge is 0.394 e. The van der Waals surface area contributed by atoms with Crippen LogP contribution in [0.3, 0.4) is 0 Å². The zero-order chi connectivity index (χ0) is 16.8. The molecule has 8 heteroatoms. The second-order valence-corrected chi connectivity index (χ2v) is 7.03. The molecule has 1 saturated heterocycles. The van der Waals surface area contributed by atoms with E-state index in [0.717, 1.165) is 41.0 Å². The molecule has 0 spiro atoms. The Hall–Kier alpha value is -1.57. The number of hydrogen-bond acceptors (Lipinski definition) is 3. The summed E-state index contributed by atoms with van der Waals surface area (Å²) in [7, 11) is 0. The van der Waals surface area contributed by atoms with Gasteiger partial charge in [0.05, 0.1) is 17.4 Å². The number of aliphatic carboxylic acids is 1. The van der Waals surface area contributed by atoms with Gasteiger partial charge in [-0.3, -0.25) is 9.59 Å². The van der Waals surface area contributed by atoms with Gasteiger partial charge in [0.2, 0.25) is 0 Å². The van der Waals surface area contributed by atoms with Crippen LogP contribution in [-0.4, -0.2) is 41.1 Å². The van der Waals surface area contributed by atoms with Crippen molar-refractivity contribution in [3.63, 3.8) is 0 Å². The third-order valence-electron chi connectivity index (χ3n) is 4.64. The lowest BCUT2D eigenvalue weighted by atomic mass is 9.95. The van der Waals surface area contributed by atoms with Gasteiger partial charge in [0.25, 0.3) is 5.91 Å². The summed E-state index contributed by atoms with van der Waals surface area (Å²) in [5.41, 5.74) is 1.39. The molecule has 4 nitrogen and oxygen atoms in total. The van der Waals surface area contributed by atoms with Crippen LogP contribution in [0.5, 0.6) is 0 Å². The summed E-state index contributed by atoms with van der Waals surface area (Å²) < 4.78 is 39.1. The third-order valence-corrected chi connectivity index (χ3v) is 5.73. The molecule has 0 aromatic carbocycles. The fourth-order valence-corrected chi connectivity index (χ4v) is 4.51. The predicted molar refractivity (Wildman–Crippen MR) is 77.5 cm³/mol. The minimum Gasteiger partial charge on any atom is -0.481 e. The maximum Gasteiger partial charge on any atom is 0.394 e. The summed E-state index contributed by atoms with van der Waals surface area (Å²) >= 11 is 1.47. The molecule has 1 aliphatic carbocycles.